The highest BCUT2D eigenvalue weighted by molar-refractivity contribution is 5.29. The zero-order chi connectivity index (χ0) is 13.8. The van der Waals surface area contributed by atoms with Crippen LogP contribution >= 0.6 is 0 Å². The minimum Gasteiger partial charge on any atom is -0.388 e. The van der Waals surface area contributed by atoms with Gasteiger partial charge in [0.15, 0.2) is 0 Å². The van der Waals surface area contributed by atoms with Crippen molar-refractivity contribution in [1.82, 2.24) is 4.90 Å². The third-order valence-corrected chi connectivity index (χ3v) is 4.11. The third-order valence-electron chi connectivity index (χ3n) is 4.11. The second-order valence-corrected chi connectivity index (χ2v) is 5.51. The predicted octanol–water partition coefficient (Wildman–Crippen LogP) is 3.17. The van der Waals surface area contributed by atoms with Crippen molar-refractivity contribution in [1.29, 1.82) is 0 Å². The molecule has 1 N–H and O–H groups in total. The molecule has 0 amide bonds. The molecule has 104 valence electrons. The van der Waals surface area contributed by atoms with E-state index in [1.165, 1.54) is 11.1 Å². The first kappa shape index (κ1) is 13.3. The van der Waals surface area contributed by atoms with Crippen LogP contribution in [0.5, 0.6) is 0 Å². The Hall–Kier alpha value is -1.64. The summed E-state index contributed by atoms with van der Waals surface area (Å²) < 4.78 is 0. The van der Waals surface area contributed by atoms with E-state index in [1.54, 1.807) is 0 Å². The number of benzene rings is 2. The Morgan fingerprint density at radius 2 is 1.65 bits per heavy atom. The van der Waals surface area contributed by atoms with Crippen LogP contribution in [0.2, 0.25) is 0 Å². The molecule has 0 saturated carbocycles. The Bertz CT molecular complexity index is 552. The van der Waals surface area contributed by atoms with E-state index < -0.39 is 0 Å². The van der Waals surface area contributed by atoms with E-state index in [0.29, 0.717) is 0 Å². The van der Waals surface area contributed by atoms with Crippen molar-refractivity contribution in [3.8, 4) is 0 Å². The Balaban J connectivity index is 1.55. The molecule has 1 unspecified atom stereocenters. The van der Waals surface area contributed by atoms with Crippen molar-refractivity contribution in [2.24, 2.45) is 0 Å². The summed E-state index contributed by atoms with van der Waals surface area (Å²) in [4.78, 5) is 2.44. The lowest BCUT2D eigenvalue weighted by Gasteiger charge is -2.29. The molecule has 2 aromatic rings. The Morgan fingerprint density at radius 3 is 2.45 bits per heavy atom. The maximum absolute atomic E-state index is 10.2. The summed E-state index contributed by atoms with van der Waals surface area (Å²) in [5.41, 5.74) is 3.94. The van der Waals surface area contributed by atoms with Gasteiger partial charge in [0.05, 0.1) is 6.10 Å². The van der Waals surface area contributed by atoms with Crippen LogP contribution in [0.15, 0.2) is 54.6 Å². The largest absolute Gasteiger partial charge is 0.388 e. The molecule has 0 spiro atoms. The van der Waals surface area contributed by atoms with E-state index in [0.717, 1.165) is 38.0 Å². The van der Waals surface area contributed by atoms with E-state index in [9.17, 15) is 5.11 Å². The van der Waals surface area contributed by atoms with Crippen molar-refractivity contribution in [3.05, 3.63) is 71.3 Å². The van der Waals surface area contributed by atoms with Crippen LogP contribution in [0.3, 0.4) is 0 Å². The molecule has 2 aromatic carbocycles. The molecule has 3 rings (SSSR count). The lowest BCUT2D eigenvalue weighted by molar-refractivity contribution is 0.137. The van der Waals surface area contributed by atoms with Gasteiger partial charge in [-0.2, -0.15) is 0 Å². The van der Waals surface area contributed by atoms with Crippen molar-refractivity contribution in [2.45, 2.75) is 25.5 Å². The van der Waals surface area contributed by atoms with Gasteiger partial charge in [-0.1, -0.05) is 54.6 Å². The second-order valence-electron chi connectivity index (χ2n) is 5.51. The standard InChI is InChI=1S/C18H21NO/c20-18(16-7-2-1-3-8-16)11-13-19-12-10-15-6-4-5-9-17(15)14-19/h1-9,18,20H,10-14H2. The average Bonchev–Trinajstić information content (AvgIpc) is 2.53. The second kappa shape index (κ2) is 6.21. The molecule has 2 heteroatoms. The predicted molar refractivity (Wildman–Crippen MR) is 81.4 cm³/mol. The number of hydrogen-bond acceptors (Lipinski definition) is 2. The number of nitrogens with zero attached hydrogens (tertiary/aromatic N) is 1. The maximum atomic E-state index is 10.2. The molecule has 2 nitrogen and oxygen atoms in total. The molecule has 0 bridgehead atoms. The van der Waals surface area contributed by atoms with Gasteiger partial charge < -0.3 is 5.11 Å². The molecule has 1 atom stereocenters. The summed E-state index contributed by atoms with van der Waals surface area (Å²) in [6, 6.07) is 18.6. The molecule has 1 aliphatic heterocycles. The quantitative estimate of drug-likeness (QED) is 0.919. The number of hydrogen-bond donors (Lipinski definition) is 1. The Kier molecular flexibility index (Phi) is 4.14. The first-order valence-electron chi connectivity index (χ1n) is 7.35. The SMILES string of the molecule is OC(CCN1CCc2ccccc2C1)c1ccccc1. The van der Waals surface area contributed by atoms with Crippen LogP contribution in [-0.4, -0.2) is 23.1 Å². The van der Waals surface area contributed by atoms with Crippen molar-refractivity contribution in [3.63, 3.8) is 0 Å². The van der Waals surface area contributed by atoms with Crippen LogP contribution in [0, 0.1) is 0 Å². The van der Waals surface area contributed by atoms with Gasteiger partial charge in [-0.3, -0.25) is 4.90 Å². The average molecular weight is 267 g/mol. The fraction of sp³-hybridized carbons (Fsp3) is 0.333. The molecule has 0 aliphatic carbocycles. The van der Waals surface area contributed by atoms with Crippen LogP contribution in [0.25, 0.3) is 0 Å². The first-order chi connectivity index (χ1) is 9.83. The van der Waals surface area contributed by atoms with Gasteiger partial charge in [0.25, 0.3) is 0 Å². The number of aliphatic hydroxyl groups excluding tert-OH is 1. The van der Waals surface area contributed by atoms with Gasteiger partial charge in [0.1, 0.15) is 0 Å². The van der Waals surface area contributed by atoms with Crippen LogP contribution < -0.4 is 0 Å². The monoisotopic (exact) mass is 267 g/mol. The molecular weight excluding hydrogens is 246 g/mol. The lowest BCUT2D eigenvalue weighted by atomic mass is 9.99. The molecule has 20 heavy (non-hydrogen) atoms. The summed E-state index contributed by atoms with van der Waals surface area (Å²) in [6.07, 6.45) is 1.57. The topological polar surface area (TPSA) is 23.5 Å². The van der Waals surface area contributed by atoms with Gasteiger partial charge >= 0.3 is 0 Å². The van der Waals surface area contributed by atoms with Crippen LogP contribution in [0.1, 0.15) is 29.2 Å². The highest BCUT2D eigenvalue weighted by Gasteiger charge is 2.16. The van der Waals surface area contributed by atoms with E-state index in [-0.39, 0.29) is 6.10 Å². The highest BCUT2D eigenvalue weighted by atomic mass is 16.3. The Labute approximate surface area is 120 Å². The van der Waals surface area contributed by atoms with E-state index in [4.69, 9.17) is 0 Å². The number of aliphatic hydroxyl groups is 1. The minimum absolute atomic E-state index is 0.353. The van der Waals surface area contributed by atoms with Crippen molar-refractivity contribution in [2.75, 3.05) is 13.1 Å². The molecule has 0 saturated heterocycles. The summed E-state index contributed by atoms with van der Waals surface area (Å²) in [5, 5.41) is 10.2. The van der Waals surface area contributed by atoms with Crippen molar-refractivity contribution < 1.29 is 5.11 Å². The van der Waals surface area contributed by atoms with Gasteiger partial charge in [-0.15, -0.1) is 0 Å². The Morgan fingerprint density at radius 1 is 0.950 bits per heavy atom. The van der Waals surface area contributed by atoms with Gasteiger partial charge in [0.2, 0.25) is 0 Å². The van der Waals surface area contributed by atoms with Gasteiger partial charge in [-0.25, -0.2) is 0 Å². The van der Waals surface area contributed by atoms with E-state index >= 15 is 0 Å². The summed E-state index contributed by atoms with van der Waals surface area (Å²) in [6.45, 7) is 3.06. The maximum Gasteiger partial charge on any atom is 0.0802 e. The molecule has 1 heterocycles. The fourth-order valence-electron chi connectivity index (χ4n) is 2.89. The zero-order valence-corrected chi connectivity index (χ0v) is 11.7. The van der Waals surface area contributed by atoms with E-state index in [2.05, 4.69) is 29.2 Å². The van der Waals surface area contributed by atoms with Crippen LogP contribution in [-0.2, 0) is 13.0 Å². The van der Waals surface area contributed by atoms with Crippen LogP contribution in [0.4, 0.5) is 0 Å². The molecule has 1 aliphatic rings. The summed E-state index contributed by atoms with van der Waals surface area (Å²) in [7, 11) is 0. The fourth-order valence-corrected chi connectivity index (χ4v) is 2.89. The first-order valence-corrected chi connectivity index (χ1v) is 7.35. The summed E-state index contributed by atoms with van der Waals surface area (Å²) >= 11 is 0. The van der Waals surface area contributed by atoms with E-state index in [1.807, 2.05) is 30.3 Å². The minimum atomic E-state index is -0.353. The van der Waals surface area contributed by atoms with Crippen molar-refractivity contribution >= 4 is 0 Å². The third kappa shape index (κ3) is 3.09. The highest BCUT2D eigenvalue weighted by Crippen LogP contribution is 2.21. The molecular formula is C18H21NO. The number of fused-ring (bicyclic) bond motifs is 1. The smallest absolute Gasteiger partial charge is 0.0802 e. The van der Waals surface area contributed by atoms with Gasteiger partial charge in [-0.05, 0) is 29.5 Å². The summed E-state index contributed by atoms with van der Waals surface area (Å²) in [5.74, 6) is 0. The lowest BCUT2D eigenvalue weighted by Crippen LogP contribution is -2.32. The van der Waals surface area contributed by atoms with Gasteiger partial charge in [0, 0.05) is 19.6 Å². The molecule has 0 radical (unpaired) electrons. The molecule has 0 fully saturated rings. The zero-order valence-electron chi connectivity index (χ0n) is 11.7. The molecule has 0 aromatic heterocycles. The normalized spacial score (nSPS) is 16.6. The number of rotatable bonds is 4.